The molecule has 0 aliphatic rings. The van der Waals surface area contributed by atoms with Crippen molar-refractivity contribution in [3.63, 3.8) is 0 Å². The fraction of sp³-hybridized carbons (Fsp3) is 0.250. The highest BCUT2D eigenvalue weighted by Crippen LogP contribution is 2.21. The van der Waals surface area contributed by atoms with Crippen molar-refractivity contribution in [1.29, 1.82) is 0 Å². The Hall–Kier alpha value is -2.44. The van der Waals surface area contributed by atoms with Crippen LogP contribution in [0.2, 0.25) is 0 Å². The zero-order chi connectivity index (χ0) is 13.8. The molecular weight excluding hydrogens is 251 g/mol. The summed E-state index contributed by atoms with van der Waals surface area (Å²) in [4.78, 5) is 0. The molecule has 0 saturated carbocycles. The molecule has 2 rings (SSSR count). The van der Waals surface area contributed by atoms with Gasteiger partial charge in [-0.05, 0) is 19.1 Å². The van der Waals surface area contributed by atoms with E-state index in [9.17, 15) is 4.39 Å². The Balaban J connectivity index is 2.21. The Morgan fingerprint density at radius 3 is 2.95 bits per heavy atom. The summed E-state index contributed by atoms with van der Waals surface area (Å²) in [6.07, 6.45) is 1.70. The molecular formula is C12H13FN4O2. The van der Waals surface area contributed by atoms with E-state index in [0.717, 1.165) is 0 Å². The lowest BCUT2D eigenvalue weighted by molar-refractivity contribution is 0.297. The van der Waals surface area contributed by atoms with Gasteiger partial charge in [-0.15, -0.1) is 5.10 Å². The molecule has 0 radical (unpaired) electrons. The van der Waals surface area contributed by atoms with Crippen molar-refractivity contribution >= 4 is 5.71 Å². The summed E-state index contributed by atoms with van der Waals surface area (Å²) in [6.45, 7) is 1.76. The maximum absolute atomic E-state index is 13.2. The number of benzene rings is 1. The third kappa shape index (κ3) is 3.06. The highest BCUT2D eigenvalue weighted by molar-refractivity contribution is 6.00. The molecule has 1 aromatic carbocycles. The van der Waals surface area contributed by atoms with Gasteiger partial charge in [-0.1, -0.05) is 10.4 Å². The number of aryl methyl sites for hydroxylation is 1. The topological polar surface area (TPSA) is 72.5 Å². The van der Waals surface area contributed by atoms with Crippen molar-refractivity contribution in [2.75, 3.05) is 0 Å². The Morgan fingerprint density at radius 2 is 2.32 bits per heavy atom. The molecule has 0 atom stereocenters. The predicted molar refractivity (Wildman–Crippen MR) is 65.7 cm³/mol. The fourth-order valence-corrected chi connectivity index (χ4v) is 1.58. The van der Waals surface area contributed by atoms with Crippen LogP contribution in [0.4, 0.5) is 4.39 Å². The van der Waals surface area contributed by atoms with Crippen LogP contribution in [0, 0.1) is 5.82 Å². The Bertz CT molecular complexity index is 610. The summed E-state index contributed by atoms with van der Waals surface area (Å²) in [7, 11) is 1.74. The molecule has 2 aromatic rings. The summed E-state index contributed by atoms with van der Waals surface area (Å²) in [5.74, 6) is -0.135. The quantitative estimate of drug-likeness (QED) is 0.518. The second kappa shape index (κ2) is 5.47. The number of nitrogens with zero attached hydrogens (tertiary/aromatic N) is 4. The van der Waals surface area contributed by atoms with Gasteiger partial charge in [0, 0.05) is 18.7 Å². The van der Waals surface area contributed by atoms with Crippen LogP contribution in [0.15, 0.2) is 29.6 Å². The average Bonchev–Trinajstić information content (AvgIpc) is 2.81. The van der Waals surface area contributed by atoms with Gasteiger partial charge in [0.15, 0.2) is 0 Å². The summed E-state index contributed by atoms with van der Waals surface area (Å²) in [6, 6.07) is 4.01. The molecule has 0 aliphatic heterocycles. The van der Waals surface area contributed by atoms with Crippen molar-refractivity contribution in [3.05, 3.63) is 41.5 Å². The number of ether oxygens (including phenoxy) is 1. The Kier molecular flexibility index (Phi) is 3.74. The van der Waals surface area contributed by atoms with Crippen LogP contribution in [0.5, 0.6) is 5.75 Å². The van der Waals surface area contributed by atoms with E-state index in [0.29, 0.717) is 22.7 Å². The average molecular weight is 264 g/mol. The maximum Gasteiger partial charge on any atom is 0.134 e. The number of halogens is 1. The van der Waals surface area contributed by atoms with Gasteiger partial charge in [0.25, 0.3) is 0 Å². The second-order valence-electron chi connectivity index (χ2n) is 4.00. The third-order valence-electron chi connectivity index (χ3n) is 2.51. The monoisotopic (exact) mass is 264 g/mol. The first kappa shape index (κ1) is 13.0. The van der Waals surface area contributed by atoms with Crippen molar-refractivity contribution in [1.82, 2.24) is 15.0 Å². The van der Waals surface area contributed by atoms with E-state index in [1.54, 1.807) is 24.9 Å². The zero-order valence-electron chi connectivity index (χ0n) is 10.5. The highest BCUT2D eigenvalue weighted by atomic mass is 19.1. The van der Waals surface area contributed by atoms with Crippen LogP contribution in [0.3, 0.4) is 0 Å². The fourth-order valence-electron chi connectivity index (χ4n) is 1.58. The largest absolute Gasteiger partial charge is 0.486 e. The van der Waals surface area contributed by atoms with E-state index in [1.165, 1.54) is 18.2 Å². The molecule has 0 spiro atoms. The van der Waals surface area contributed by atoms with Gasteiger partial charge in [-0.3, -0.25) is 4.68 Å². The van der Waals surface area contributed by atoms with Gasteiger partial charge < -0.3 is 9.94 Å². The Labute approximate surface area is 109 Å². The Morgan fingerprint density at radius 1 is 1.53 bits per heavy atom. The van der Waals surface area contributed by atoms with Gasteiger partial charge >= 0.3 is 0 Å². The zero-order valence-corrected chi connectivity index (χ0v) is 10.5. The first-order chi connectivity index (χ1) is 9.10. The SMILES string of the molecule is C/C(=N/O)c1ccc(F)cc1OCc1cn(C)nn1. The molecule has 100 valence electrons. The molecule has 7 heteroatoms. The molecule has 0 amide bonds. The van der Waals surface area contributed by atoms with Crippen LogP contribution in [0.25, 0.3) is 0 Å². The lowest BCUT2D eigenvalue weighted by atomic mass is 10.1. The molecule has 1 aromatic heterocycles. The first-order valence-corrected chi connectivity index (χ1v) is 5.56. The van der Waals surface area contributed by atoms with Crippen LogP contribution < -0.4 is 4.74 Å². The van der Waals surface area contributed by atoms with Gasteiger partial charge in [-0.25, -0.2) is 4.39 Å². The van der Waals surface area contributed by atoms with Gasteiger partial charge in [0.1, 0.15) is 23.9 Å². The molecule has 19 heavy (non-hydrogen) atoms. The standard InChI is InChI=1S/C12H13FN4O2/c1-8(15-18)11-4-3-9(13)5-12(11)19-7-10-6-17(2)16-14-10/h3-6,18H,7H2,1-2H3/b15-8-. The minimum Gasteiger partial charge on any atom is -0.486 e. The lowest BCUT2D eigenvalue weighted by Crippen LogP contribution is -2.03. The predicted octanol–water partition coefficient (Wildman–Crippen LogP) is 1.73. The van der Waals surface area contributed by atoms with Crippen molar-refractivity contribution in [3.8, 4) is 5.75 Å². The van der Waals surface area contributed by atoms with Crippen LogP contribution in [-0.4, -0.2) is 25.9 Å². The summed E-state index contributed by atoms with van der Waals surface area (Å²) < 4.78 is 20.3. The van der Waals surface area contributed by atoms with Gasteiger partial charge in [0.2, 0.25) is 0 Å². The number of hydrogen-bond donors (Lipinski definition) is 1. The molecule has 0 aliphatic carbocycles. The number of oxime groups is 1. The highest BCUT2D eigenvalue weighted by Gasteiger charge is 2.10. The summed E-state index contributed by atoms with van der Waals surface area (Å²) >= 11 is 0. The minimum absolute atomic E-state index is 0.156. The minimum atomic E-state index is -0.427. The van der Waals surface area contributed by atoms with Crippen molar-refractivity contribution < 1.29 is 14.3 Å². The van der Waals surface area contributed by atoms with Crippen LogP contribution in [0.1, 0.15) is 18.2 Å². The molecule has 0 bridgehead atoms. The van der Waals surface area contributed by atoms with E-state index < -0.39 is 5.82 Å². The number of aromatic nitrogens is 3. The van der Waals surface area contributed by atoms with Crippen molar-refractivity contribution in [2.45, 2.75) is 13.5 Å². The summed E-state index contributed by atoms with van der Waals surface area (Å²) in [5.41, 5.74) is 1.48. The maximum atomic E-state index is 13.2. The van der Waals surface area contributed by atoms with E-state index in [4.69, 9.17) is 9.94 Å². The van der Waals surface area contributed by atoms with E-state index in [1.807, 2.05) is 0 Å². The smallest absolute Gasteiger partial charge is 0.134 e. The first-order valence-electron chi connectivity index (χ1n) is 5.56. The molecule has 1 N–H and O–H groups in total. The summed E-state index contributed by atoms with van der Waals surface area (Å²) in [5, 5.41) is 19.5. The molecule has 0 fully saturated rings. The van der Waals surface area contributed by atoms with Gasteiger partial charge in [-0.2, -0.15) is 0 Å². The van der Waals surface area contributed by atoms with Gasteiger partial charge in [0.05, 0.1) is 11.9 Å². The van der Waals surface area contributed by atoms with Crippen LogP contribution in [-0.2, 0) is 13.7 Å². The number of hydrogen-bond acceptors (Lipinski definition) is 5. The van der Waals surface area contributed by atoms with E-state index in [-0.39, 0.29) is 6.61 Å². The van der Waals surface area contributed by atoms with Crippen LogP contribution >= 0.6 is 0 Å². The molecule has 6 nitrogen and oxygen atoms in total. The lowest BCUT2D eigenvalue weighted by Gasteiger charge is -2.09. The molecule has 0 saturated heterocycles. The molecule has 0 unspecified atom stereocenters. The third-order valence-corrected chi connectivity index (χ3v) is 2.51. The second-order valence-corrected chi connectivity index (χ2v) is 4.00. The van der Waals surface area contributed by atoms with Crippen molar-refractivity contribution in [2.24, 2.45) is 12.2 Å². The number of rotatable bonds is 4. The van der Waals surface area contributed by atoms with E-state index in [2.05, 4.69) is 15.5 Å². The van der Waals surface area contributed by atoms with E-state index >= 15 is 0 Å². The normalized spacial score (nSPS) is 11.6. The molecule has 1 heterocycles.